The van der Waals surface area contributed by atoms with Gasteiger partial charge in [-0.25, -0.2) is 0 Å². The molecule has 1 heterocycles. The number of carbonyl (C=O) groups is 1. The largest absolute Gasteiger partial charge is 0.468 e. The van der Waals surface area contributed by atoms with Crippen molar-refractivity contribution in [1.29, 1.82) is 0 Å². The summed E-state index contributed by atoms with van der Waals surface area (Å²) in [5.74, 6) is 1.00. The molecule has 0 aromatic carbocycles. The maximum Gasteiger partial charge on any atom is 0.315 e. The van der Waals surface area contributed by atoms with Crippen molar-refractivity contribution in [1.82, 2.24) is 4.98 Å². The van der Waals surface area contributed by atoms with Gasteiger partial charge in [-0.2, -0.15) is 0 Å². The first-order chi connectivity index (χ1) is 6.33. The van der Waals surface area contributed by atoms with E-state index in [1.54, 1.807) is 12.4 Å². The van der Waals surface area contributed by atoms with Crippen molar-refractivity contribution in [3.05, 3.63) is 30.1 Å². The molecule has 1 rings (SSSR count). The number of ether oxygens (including phenoxy) is 1. The van der Waals surface area contributed by atoms with E-state index < -0.39 is 0 Å². The lowest BCUT2D eigenvalue weighted by Crippen LogP contribution is -2.03. The van der Waals surface area contributed by atoms with Crippen LogP contribution in [0.3, 0.4) is 0 Å². The number of pyridine rings is 1. The van der Waals surface area contributed by atoms with Crippen LogP contribution >= 0.6 is 11.8 Å². The molecule has 0 atom stereocenters. The molecule has 0 aliphatic carbocycles. The van der Waals surface area contributed by atoms with Gasteiger partial charge in [0.15, 0.2) is 0 Å². The third-order valence-electron chi connectivity index (χ3n) is 1.44. The number of rotatable bonds is 4. The summed E-state index contributed by atoms with van der Waals surface area (Å²) in [4.78, 5) is 14.7. The highest BCUT2D eigenvalue weighted by atomic mass is 32.2. The Balaban J connectivity index is 2.24. The normalized spacial score (nSPS) is 9.62. The lowest BCUT2D eigenvalue weighted by molar-refractivity contribution is -0.137. The fraction of sp³-hybridized carbons (Fsp3) is 0.333. The zero-order valence-electron chi connectivity index (χ0n) is 7.40. The smallest absolute Gasteiger partial charge is 0.315 e. The quantitative estimate of drug-likeness (QED) is 0.685. The fourth-order valence-electron chi connectivity index (χ4n) is 0.795. The first-order valence-corrected chi connectivity index (χ1v) is 5.02. The van der Waals surface area contributed by atoms with Crippen molar-refractivity contribution < 1.29 is 9.53 Å². The molecule has 0 aliphatic heterocycles. The Kier molecular flexibility index (Phi) is 4.32. The molecule has 1 aromatic heterocycles. The molecular weight excluding hydrogens is 186 g/mol. The van der Waals surface area contributed by atoms with Crippen LogP contribution in [-0.2, 0) is 15.3 Å². The summed E-state index contributed by atoms with van der Waals surface area (Å²) in [6.07, 6.45) is 3.53. The van der Waals surface area contributed by atoms with Gasteiger partial charge in [-0.05, 0) is 11.6 Å². The highest BCUT2D eigenvalue weighted by Crippen LogP contribution is 2.10. The van der Waals surface area contributed by atoms with E-state index >= 15 is 0 Å². The Morgan fingerprint density at radius 3 is 3.15 bits per heavy atom. The van der Waals surface area contributed by atoms with Crippen molar-refractivity contribution in [2.45, 2.75) is 5.75 Å². The average Bonchev–Trinajstić information content (AvgIpc) is 2.19. The number of nitrogens with zero attached hydrogens (tertiary/aromatic N) is 1. The van der Waals surface area contributed by atoms with E-state index in [1.165, 1.54) is 18.9 Å². The minimum absolute atomic E-state index is 0.186. The SMILES string of the molecule is COC(=O)CSCc1cccnc1. The molecule has 13 heavy (non-hydrogen) atoms. The van der Waals surface area contributed by atoms with Crippen LogP contribution in [0.25, 0.3) is 0 Å². The summed E-state index contributed by atoms with van der Waals surface area (Å²) in [6.45, 7) is 0. The van der Waals surface area contributed by atoms with Gasteiger partial charge in [-0.3, -0.25) is 9.78 Å². The number of thioether (sulfide) groups is 1. The number of methoxy groups -OCH3 is 1. The van der Waals surface area contributed by atoms with Crippen LogP contribution in [0.1, 0.15) is 5.56 Å². The second-order valence-corrected chi connectivity index (χ2v) is 3.42. The van der Waals surface area contributed by atoms with Gasteiger partial charge in [0.2, 0.25) is 0 Å². The van der Waals surface area contributed by atoms with E-state index in [4.69, 9.17) is 0 Å². The lowest BCUT2D eigenvalue weighted by atomic mass is 10.3. The molecule has 0 bridgehead atoms. The van der Waals surface area contributed by atoms with Crippen LogP contribution < -0.4 is 0 Å². The minimum Gasteiger partial charge on any atom is -0.468 e. The zero-order chi connectivity index (χ0) is 9.52. The Morgan fingerprint density at radius 2 is 2.54 bits per heavy atom. The van der Waals surface area contributed by atoms with Gasteiger partial charge in [-0.15, -0.1) is 11.8 Å². The Bertz CT molecular complexity index is 264. The summed E-state index contributed by atoms with van der Waals surface area (Å²) in [5.41, 5.74) is 1.12. The molecule has 70 valence electrons. The van der Waals surface area contributed by atoms with Crippen molar-refractivity contribution in [2.24, 2.45) is 0 Å². The molecule has 0 spiro atoms. The zero-order valence-corrected chi connectivity index (χ0v) is 8.21. The summed E-state index contributed by atoms with van der Waals surface area (Å²) in [5, 5.41) is 0. The summed E-state index contributed by atoms with van der Waals surface area (Å²) in [7, 11) is 1.40. The summed E-state index contributed by atoms with van der Waals surface area (Å²) >= 11 is 1.52. The van der Waals surface area contributed by atoms with Gasteiger partial charge in [0.05, 0.1) is 12.9 Å². The van der Waals surface area contributed by atoms with Crippen LogP contribution in [-0.4, -0.2) is 23.8 Å². The predicted molar refractivity (Wildman–Crippen MR) is 52.4 cm³/mol. The van der Waals surface area contributed by atoms with Gasteiger partial charge in [-0.1, -0.05) is 6.07 Å². The Labute approximate surface area is 81.5 Å². The van der Waals surface area contributed by atoms with Crippen molar-refractivity contribution >= 4 is 17.7 Å². The summed E-state index contributed by atoms with van der Waals surface area (Å²) < 4.78 is 4.51. The molecule has 1 aromatic rings. The van der Waals surface area contributed by atoms with Crippen LogP contribution in [0.5, 0.6) is 0 Å². The van der Waals surface area contributed by atoms with Crippen LogP contribution in [0.2, 0.25) is 0 Å². The lowest BCUT2D eigenvalue weighted by Gasteiger charge is -1.99. The molecule has 0 saturated carbocycles. The number of carbonyl (C=O) groups excluding carboxylic acids is 1. The fourth-order valence-corrected chi connectivity index (χ4v) is 1.59. The number of esters is 1. The second kappa shape index (κ2) is 5.59. The highest BCUT2D eigenvalue weighted by Gasteiger charge is 1.99. The van der Waals surface area contributed by atoms with Crippen LogP contribution in [0.4, 0.5) is 0 Å². The first-order valence-electron chi connectivity index (χ1n) is 3.86. The summed E-state index contributed by atoms with van der Waals surface area (Å²) in [6, 6.07) is 3.87. The van der Waals surface area contributed by atoms with Gasteiger partial charge < -0.3 is 4.74 Å². The Morgan fingerprint density at radius 1 is 1.69 bits per heavy atom. The van der Waals surface area contributed by atoms with Crippen LogP contribution in [0, 0.1) is 0 Å². The minimum atomic E-state index is -0.186. The van der Waals surface area contributed by atoms with Crippen molar-refractivity contribution in [3.8, 4) is 0 Å². The third-order valence-corrected chi connectivity index (χ3v) is 2.42. The molecule has 0 fully saturated rings. The molecule has 0 amide bonds. The van der Waals surface area contributed by atoms with E-state index in [1.807, 2.05) is 12.1 Å². The molecule has 0 radical (unpaired) electrons. The molecule has 0 N–H and O–H groups in total. The molecule has 0 aliphatic rings. The topological polar surface area (TPSA) is 39.2 Å². The predicted octanol–water partition coefficient (Wildman–Crippen LogP) is 1.49. The number of hydrogen-bond acceptors (Lipinski definition) is 4. The molecule has 0 unspecified atom stereocenters. The monoisotopic (exact) mass is 197 g/mol. The third kappa shape index (κ3) is 3.94. The van der Waals surface area contributed by atoms with Crippen molar-refractivity contribution in [3.63, 3.8) is 0 Å². The molecular formula is C9H11NO2S. The average molecular weight is 197 g/mol. The number of aromatic nitrogens is 1. The van der Waals surface area contributed by atoms with Gasteiger partial charge in [0.1, 0.15) is 0 Å². The maximum absolute atomic E-state index is 10.7. The van der Waals surface area contributed by atoms with E-state index in [0.29, 0.717) is 5.75 Å². The van der Waals surface area contributed by atoms with Crippen molar-refractivity contribution in [2.75, 3.05) is 12.9 Å². The van der Waals surface area contributed by atoms with Crippen LogP contribution in [0.15, 0.2) is 24.5 Å². The standard InChI is InChI=1S/C9H11NO2S/c1-12-9(11)7-13-6-8-3-2-4-10-5-8/h2-5H,6-7H2,1H3. The van der Waals surface area contributed by atoms with Gasteiger partial charge >= 0.3 is 5.97 Å². The maximum atomic E-state index is 10.7. The molecule has 3 nitrogen and oxygen atoms in total. The van der Waals surface area contributed by atoms with E-state index in [0.717, 1.165) is 11.3 Å². The molecule has 4 heteroatoms. The van der Waals surface area contributed by atoms with Gasteiger partial charge in [0, 0.05) is 18.1 Å². The highest BCUT2D eigenvalue weighted by molar-refractivity contribution is 7.99. The number of hydrogen-bond donors (Lipinski definition) is 0. The van der Waals surface area contributed by atoms with E-state index in [9.17, 15) is 4.79 Å². The Hall–Kier alpha value is -1.03. The molecule has 0 saturated heterocycles. The van der Waals surface area contributed by atoms with E-state index in [2.05, 4.69) is 9.72 Å². The van der Waals surface area contributed by atoms with Gasteiger partial charge in [0.25, 0.3) is 0 Å². The second-order valence-electron chi connectivity index (χ2n) is 2.43. The first kappa shape index (κ1) is 10.1. The van der Waals surface area contributed by atoms with E-state index in [-0.39, 0.29) is 5.97 Å².